The van der Waals surface area contributed by atoms with E-state index in [0.29, 0.717) is 12.4 Å². The molecule has 5 heteroatoms. The van der Waals surface area contributed by atoms with Crippen LogP contribution in [0.15, 0.2) is 61.2 Å². The number of halogens is 1. The van der Waals surface area contributed by atoms with Crippen molar-refractivity contribution < 1.29 is 4.39 Å². The average molecular weight is 268 g/mol. The highest BCUT2D eigenvalue weighted by Gasteiger charge is 1.99. The van der Waals surface area contributed by atoms with E-state index in [1.165, 1.54) is 6.07 Å². The van der Waals surface area contributed by atoms with Gasteiger partial charge in [0.2, 0.25) is 5.95 Å². The summed E-state index contributed by atoms with van der Waals surface area (Å²) in [6.45, 7) is 0.598. The lowest BCUT2D eigenvalue weighted by Gasteiger charge is -2.07. The fourth-order valence-electron chi connectivity index (χ4n) is 1.90. The first-order valence-electron chi connectivity index (χ1n) is 6.25. The molecular formula is C15H13FN4. The van der Waals surface area contributed by atoms with Gasteiger partial charge in [-0.15, -0.1) is 0 Å². The minimum atomic E-state index is -0.481. The van der Waals surface area contributed by atoms with Crippen molar-refractivity contribution in [2.24, 2.45) is 0 Å². The van der Waals surface area contributed by atoms with Crippen LogP contribution < -0.4 is 5.32 Å². The summed E-state index contributed by atoms with van der Waals surface area (Å²) in [7, 11) is 0. The molecule has 0 aliphatic carbocycles. The number of hydrogen-bond acceptors (Lipinski definition) is 3. The molecule has 100 valence electrons. The molecule has 2 heterocycles. The van der Waals surface area contributed by atoms with Gasteiger partial charge in [0.1, 0.15) is 5.82 Å². The van der Waals surface area contributed by atoms with Crippen molar-refractivity contribution in [3.8, 4) is 5.69 Å². The highest BCUT2D eigenvalue weighted by molar-refractivity contribution is 5.38. The molecule has 0 saturated heterocycles. The molecule has 20 heavy (non-hydrogen) atoms. The van der Waals surface area contributed by atoms with E-state index in [9.17, 15) is 4.39 Å². The van der Waals surface area contributed by atoms with Crippen molar-refractivity contribution in [2.75, 3.05) is 5.32 Å². The van der Waals surface area contributed by atoms with Crippen LogP contribution in [0.1, 0.15) is 5.56 Å². The summed E-state index contributed by atoms with van der Waals surface area (Å²) >= 11 is 0. The van der Waals surface area contributed by atoms with Gasteiger partial charge in [0, 0.05) is 24.6 Å². The Labute approximate surface area is 115 Å². The van der Waals surface area contributed by atoms with Crippen LogP contribution >= 0.6 is 0 Å². The molecule has 1 aromatic carbocycles. The highest BCUT2D eigenvalue weighted by atomic mass is 19.1. The predicted molar refractivity (Wildman–Crippen MR) is 75.1 cm³/mol. The molecule has 0 aliphatic rings. The van der Waals surface area contributed by atoms with Crippen LogP contribution in [0, 0.1) is 5.95 Å². The van der Waals surface area contributed by atoms with Gasteiger partial charge in [0.25, 0.3) is 0 Å². The number of nitrogens with one attached hydrogen (secondary N) is 1. The van der Waals surface area contributed by atoms with E-state index in [0.717, 1.165) is 11.3 Å². The Morgan fingerprint density at radius 3 is 2.65 bits per heavy atom. The second-order valence-corrected chi connectivity index (χ2v) is 4.34. The third-order valence-corrected chi connectivity index (χ3v) is 2.93. The van der Waals surface area contributed by atoms with Gasteiger partial charge in [-0.25, -0.2) is 9.97 Å². The second kappa shape index (κ2) is 5.52. The topological polar surface area (TPSA) is 42.7 Å². The van der Waals surface area contributed by atoms with Crippen molar-refractivity contribution in [3.63, 3.8) is 0 Å². The maximum Gasteiger partial charge on any atom is 0.214 e. The molecule has 0 spiro atoms. The predicted octanol–water partition coefficient (Wildman–Crippen LogP) is 3.02. The number of anilines is 1. The maximum absolute atomic E-state index is 12.9. The van der Waals surface area contributed by atoms with Crippen LogP contribution in [-0.2, 0) is 6.54 Å². The summed E-state index contributed by atoms with van der Waals surface area (Å²) in [5.41, 5.74) is 2.15. The molecule has 1 N–H and O–H groups in total. The number of rotatable bonds is 4. The lowest BCUT2D eigenvalue weighted by atomic mass is 10.2. The van der Waals surface area contributed by atoms with Gasteiger partial charge in [-0.05, 0) is 29.8 Å². The molecule has 0 unspecified atom stereocenters. The quantitative estimate of drug-likeness (QED) is 0.740. The lowest BCUT2D eigenvalue weighted by Crippen LogP contribution is -2.02. The number of pyridine rings is 1. The summed E-state index contributed by atoms with van der Waals surface area (Å²) in [5, 5.41) is 3.09. The van der Waals surface area contributed by atoms with Gasteiger partial charge < -0.3 is 9.88 Å². The minimum absolute atomic E-state index is 0.481. The van der Waals surface area contributed by atoms with E-state index in [2.05, 4.69) is 15.3 Å². The van der Waals surface area contributed by atoms with E-state index in [-0.39, 0.29) is 0 Å². The van der Waals surface area contributed by atoms with Crippen LogP contribution in [0.3, 0.4) is 0 Å². The molecule has 2 aromatic heterocycles. The van der Waals surface area contributed by atoms with Crippen molar-refractivity contribution in [1.29, 1.82) is 0 Å². The summed E-state index contributed by atoms with van der Waals surface area (Å²) in [6.07, 6.45) is 5.39. The zero-order valence-electron chi connectivity index (χ0n) is 10.7. The highest BCUT2D eigenvalue weighted by Crippen LogP contribution is 2.11. The molecule has 0 fully saturated rings. The van der Waals surface area contributed by atoms with Crippen molar-refractivity contribution >= 4 is 5.82 Å². The molecule has 0 atom stereocenters. The van der Waals surface area contributed by atoms with E-state index < -0.39 is 5.95 Å². The zero-order chi connectivity index (χ0) is 13.8. The number of hydrogen-bond donors (Lipinski definition) is 1. The van der Waals surface area contributed by atoms with Crippen LogP contribution in [0.4, 0.5) is 10.2 Å². The SMILES string of the molecule is Fc1cccc(NCc2ccc(-n3ccnc3)cc2)n1. The Hall–Kier alpha value is -2.69. The molecule has 3 rings (SSSR count). The van der Waals surface area contributed by atoms with E-state index in [4.69, 9.17) is 0 Å². The third kappa shape index (κ3) is 2.83. The van der Waals surface area contributed by atoms with Crippen molar-refractivity contribution in [3.05, 3.63) is 72.7 Å². The van der Waals surface area contributed by atoms with Crippen molar-refractivity contribution in [2.45, 2.75) is 6.54 Å². The molecule has 0 aliphatic heterocycles. The second-order valence-electron chi connectivity index (χ2n) is 4.34. The van der Waals surface area contributed by atoms with Gasteiger partial charge in [-0.1, -0.05) is 18.2 Å². The molecule has 0 bridgehead atoms. The Kier molecular flexibility index (Phi) is 3.41. The third-order valence-electron chi connectivity index (χ3n) is 2.93. The Bertz CT molecular complexity index is 677. The van der Waals surface area contributed by atoms with Crippen LogP contribution in [-0.4, -0.2) is 14.5 Å². The van der Waals surface area contributed by atoms with E-state index in [1.807, 2.05) is 35.0 Å². The average Bonchev–Trinajstić information content (AvgIpc) is 3.00. The Balaban J connectivity index is 1.67. The normalized spacial score (nSPS) is 10.4. The zero-order valence-corrected chi connectivity index (χ0v) is 10.7. The maximum atomic E-state index is 12.9. The van der Waals surface area contributed by atoms with E-state index >= 15 is 0 Å². The first-order chi connectivity index (χ1) is 9.81. The van der Waals surface area contributed by atoms with E-state index in [1.54, 1.807) is 24.7 Å². The molecule has 3 aromatic rings. The van der Waals surface area contributed by atoms with Gasteiger partial charge in [0.05, 0.1) is 6.33 Å². The van der Waals surface area contributed by atoms with Gasteiger partial charge in [-0.2, -0.15) is 4.39 Å². The molecule has 4 nitrogen and oxygen atoms in total. The fourth-order valence-corrected chi connectivity index (χ4v) is 1.90. The summed E-state index contributed by atoms with van der Waals surface area (Å²) in [6, 6.07) is 12.7. The summed E-state index contributed by atoms with van der Waals surface area (Å²) in [5.74, 6) is 0.0501. The van der Waals surface area contributed by atoms with Crippen molar-refractivity contribution in [1.82, 2.24) is 14.5 Å². The molecule has 0 saturated carbocycles. The Morgan fingerprint density at radius 2 is 1.95 bits per heavy atom. The Morgan fingerprint density at radius 1 is 1.10 bits per heavy atom. The number of imidazole rings is 1. The number of benzene rings is 1. The number of aromatic nitrogens is 3. The standard InChI is InChI=1S/C15H13FN4/c16-14-2-1-3-15(19-14)18-10-12-4-6-13(7-5-12)20-9-8-17-11-20/h1-9,11H,10H2,(H,18,19). The molecule has 0 radical (unpaired) electrons. The number of nitrogens with zero attached hydrogens (tertiary/aromatic N) is 3. The lowest BCUT2D eigenvalue weighted by molar-refractivity contribution is 0.585. The largest absolute Gasteiger partial charge is 0.366 e. The van der Waals surface area contributed by atoms with Crippen LogP contribution in [0.5, 0.6) is 0 Å². The smallest absolute Gasteiger partial charge is 0.214 e. The minimum Gasteiger partial charge on any atom is -0.366 e. The van der Waals surface area contributed by atoms with Gasteiger partial charge in [0.15, 0.2) is 0 Å². The first kappa shape index (κ1) is 12.3. The summed E-state index contributed by atoms with van der Waals surface area (Å²) < 4.78 is 14.9. The van der Waals surface area contributed by atoms with Gasteiger partial charge >= 0.3 is 0 Å². The molecular weight excluding hydrogens is 255 g/mol. The first-order valence-corrected chi connectivity index (χ1v) is 6.25. The summed E-state index contributed by atoms with van der Waals surface area (Å²) in [4.78, 5) is 7.77. The van der Waals surface area contributed by atoms with Crippen LogP contribution in [0.2, 0.25) is 0 Å². The van der Waals surface area contributed by atoms with Gasteiger partial charge in [-0.3, -0.25) is 0 Å². The monoisotopic (exact) mass is 268 g/mol. The fraction of sp³-hybridized carbons (Fsp3) is 0.0667. The molecule has 0 amide bonds. The van der Waals surface area contributed by atoms with Crippen LogP contribution in [0.25, 0.3) is 5.69 Å².